The van der Waals surface area contributed by atoms with E-state index in [9.17, 15) is 4.79 Å². The van der Waals surface area contributed by atoms with Gasteiger partial charge in [-0.05, 0) is 42.3 Å². The number of hydrazone groups is 1. The number of allylic oxidation sites excluding steroid dienone is 1. The zero-order chi connectivity index (χ0) is 18.2. The molecular weight excluding hydrogens is 324 g/mol. The number of rotatable bonds is 6. The summed E-state index contributed by atoms with van der Waals surface area (Å²) in [4.78, 5) is 12.8. The zero-order valence-corrected chi connectivity index (χ0v) is 14.5. The number of nitrogens with zero attached hydrogens (tertiary/aromatic N) is 1. The monoisotopic (exact) mass is 344 g/mol. The van der Waals surface area contributed by atoms with E-state index in [0.717, 1.165) is 16.9 Å². The van der Waals surface area contributed by atoms with Crippen LogP contribution in [0.2, 0.25) is 0 Å². The van der Waals surface area contributed by atoms with E-state index in [1.165, 1.54) is 0 Å². The normalized spacial score (nSPS) is 11.8. The number of nitrogens with one attached hydrogen (secondary N) is 1. The molecule has 0 radical (unpaired) electrons. The summed E-state index contributed by atoms with van der Waals surface area (Å²) in [6.45, 7) is 1.82. The van der Waals surface area contributed by atoms with Gasteiger partial charge < -0.3 is 4.42 Å². The highest BCUT2D eigenvalue weighted by molar-refractivity contribution is 5.97. The Hall–Kier alpha value is -3.40. The average molecular weight is 344 g/mol. The topological polar surface area (TPSA) is 54.6 Å². The van der Waals surface area contributed by atoms with Crippen LogP contribution in [0.15, 0.2) is 94.7 Å². The number of furan rings is 1. The Labute approximate surface area is 152 Å². The highest BCUT2D eigenvalue weighted by Crippen LogP contribution is 2.24. The fraction of sp³-hybridized carbons (Fsp3) is 0.0909. The second-order valence-electron chi connectivity index (χ2n) is 5.83. The number of amides is 1. The van der Waals surface area contributed by atoms with Crippen molar-refractivity contribution in [3.63, 3.8) is 0 Å². The molecule has 0 unspecified atom stereocenters. The summed E-state index contributed by atoms with van der Waals surface area (Å²) in [6, 6.07) is 23.1. The molecule has 130 valence electrons. The van der Waals surface area contributed by atoms with Crippen LogP contribution in [0.25, 0.3) is 6.08 Å². The van der Waals surface area contributed by atoms with Gasteiger partial charge in [-0.15, -0.1) is 0 Å². The van der Waals surface area contributed by atoms with Gasteiger partial charge in [0.05, 0.1) is 17.9 Å². The van der Waals surface area contributed by atoms with Crippen LogP contribution < -0.4 is 5.43 Å². The number of hydrogen-bond donors (Lipinski definition) is 1. The third-order valence-corrected chi connectivity index (χ3v) is 3.90. The fourth-order valence-corrected chi connectivity index (χ4v) is 2.62. The van der Waals surface area contributed by atoms with Crippen molar-refractivity contribution < 1.29 is 9.21 Å². The molecule has 0 aliphatic heterocycles. The van der Waals surface area contributed by atoms with E-state index in [4.69, 9.17) is 4.42 Å². The lowest BCUT2D eigenvalue weighted by Crippen LogP contribution is -2.26. The van der Waals surface area contributed by atoms with Crippen LogP contribution in [0.3, 0.4) is 0 Å². The van der Waals surface area contributed by atoms with Gasteiger partial charge in [0.2, 0.25) is 0 Å². The molecule has 4 nitrogen and oxygen atoms in total. The Balaban J connectivity index is 1.77. The van der Waals surface area contributed by atoms with E-state index in [0.29, 0.717) is 5.71 Å². The molecule has 1 N–H and O–H groups in total. The lowest BCUT2D eigenvalue weighted by Gasteiger charge is -2.16. The van der Waals surface area contributed by atoms with Crippen LogP contribution in [-0.2, 0) is 4.79 Å². The zero-order valence-electron chi connectivity index (χ0n) is 14.5. The number of benzene rings is 2. The van der Waals surface area contributed by atoms with E-state index < -0.39 is 5.92 Å². The minimum atomic E-state index is -0.414. The number of carbonyl (C=O) groups excluding carboxylic acids is 1. The van der Waals surface area contributed by atoms with E-state index in [1.54, 1.807) is 18.4 Å². The largest absolute Gasteiger partial charge is 0.465 e. The van der Waals surface area contributed by atoms with Crippen LogP contribution in [0.4, 0.5) is 0 Å². The van der Waals surface area contributed by atoms with E-state index in [2.05, 4.69) is 10.5 Å². The van der Waals surface area contributed by atoms with Crippen molar-refractivity contribution >= 4 is 17.7 Å². The molecule has 1 amide bonds. The Kier molecular flexibility index (Phi) is 5.78. The highest BCUT2D eigenvalue weighted by Gasteiger charge is 2.22. The maximum Gasteiger partial charge on any atom is 0.252 e. The van der Waals surface area contributed by atoms with E-state index in [1.807, 2.05) is 79.7 Å². The first-order valence-corrected chi connectivity index (χ1v) is 8.39. The van der Waals surface area contributed by atoms with Crippen LogP contribution in [-0.4, -0.2) is 11.6 Å². The summed E-state index contributed by atoms with van der Waals surface area (Å²) >= 11 is 0. The van der Waals surface area contributed by atoms with Crippen LogP contribution >= 0.6 is 0 Å². The summed E-state index contributed by atoms with van der Waals surface area (Å²) in [5.74, 6) is 0.147. The third kappa shape index (κ3) is 4.57. The Bertz CT molecular complexity index is 843. The molecule has 0 fully saturated rings. The first-order chi connectivity index (χ1) is 12.7. The lowest BCUT2D eigenvalue weighted by molar-refractivity contribution is -0.121. The average Bonchev–Trinajstić information content (AvgIpc) is 3.20. The van der Waals surface area contributed by atoms with Crippen molar-refractivity contribution in [2.45, 2.75) is 12.8 Å². The summed E-state index contributed by atoms with van der Waals surface area (Å²) in [6.07, 6.45) is 5.20. The first kappa shape index (κ1) is 17.4. The predicted molar refractivity (Wildman–Crippen MR) is 104 cm³/mol. The Morgan fingerprint density at radius 2 is 1.58 bits per heavy atom. The van der Waals surface area contributed by atoms with Gasteiger partial charge >= 0.3 is 0 Å². The summed E-state index contributed by atoms with van der Waals surface area (Å²) in [7, 11) is 0. The lowest BCUT2D eigenvalue weighted by atomic mass is 9.91. The first-order valence-electron chi connectivity index (χ1n) is 8.39. The highest BCUT2D eigenvalue weighted by atomic mass is 16.3. The van der Waals surface area contributed by atoms with Gasteiger partial charge in [0, 0.05) is 0 Å². The fourth-order valence-electron chi connectivity index (χ4n) is 2.62. The van der Waals surface area contributed by atoms with Crippen molar-refractivity contribution in [3.05, 3.63) is 102 Å². The van der Waals surface area contributed by atoms with E-state index in [-0.39, 0.29) is 5.91 Å². The second-order valence-corrected chi connectivity index (χ2v) is 5.83. The van der Waals surface area contributed by atoms with Crippen molar-refractivity contribution in [2.75, 3.05) is 0 Å². The van der Waals surface area contributed by atoms with Crippen LogP contribution in [0.5, 0.6) is 0 Å². The Morgan fingerprint density at radius 1 is 0.962 bits per heavy atom. The van der Waals surface area contributed by atoms with Gasteiger partial charge in [0.1, 0.15) is 5.76 Å². The molecule has 2 aromatic carbocycles. The minimum Gasteiger partial charge on any atom is -0.465 e. The number of carbonyl (C=O) groups is 1. The molecule has 0 aliphatic rings. The van der Waals surface area contributed by atoms with E-state index >= 15 is 0 Å². The molecule has 1 heterocycles. The Morgan fingerprint density at radius 3 is 2.12 bits per heavy atom. The van der Waals surface area contributed by atoms with Crippen LogP contribution in [0.1, 0.15) is 29.7 Å². The second kappa shape index (κ2) is 8.62. The molecule has 4 heteroatoms. The number of hydrogen-bond acceptors (Lipinski definition) is 3. The molecule has 26 heavy (non-hydrogen) atoms. The minimum absolute atomic E-state index is 0.173. The van der Waals surface area contributed by atoms with Crippen molar-refractivity contribution in [1.82, 2.24) is 5.43 Å². The molecule has 0 saturated carbocycles. The summed E-state index contributed by atoms with van der Waals surface area (Å²) in [5, 5.41) is 4.18. The molecule has 3 aromatic rings. The smallest absolute Gasteiger partial charge is 0.252 e. The van der Waals surface area contributed by atoms with Crippen molar-refractivity contribution in [1.29, 1.82) is 0 Å². The molecule has 0 bridgehead atoms. The van der Waals surface area contributed by atoms with Gasteiger partial charge in [0.25, 0.3) is 5.91 Å². The van der Waals surface area contributed by atoms with Gasteiger partial charge in [-0.1, -0.05) is 60.7 Å². The molecule has 0 aliphatic carbocycles. The standard InChI is InChI=1S/C22H20N2O2/c1-17(14-15-20-13-8-16-26-20)23-24-22(25)21(18-9-4-2-5-10-18)19-11-6-3-7-12-19/h2-16,21H,1H3,(H,24,25)/b15-14+,23-17+. The molecular formula is C22H20N2O2. The van der Waals surface area contributed by atoms with Gasteiger partial charge in [-0.3, -0.25) is 4.79 Å². The maximum atomic E-state index is 12.8. The maximum absolute atomic E-state index is 12.8. The third-order valence-electron chi connectivity index (χ3n) is 3.90. The predicted octanol–water partition coefficient (Wildman–Crippen LogP) is 4.62. The van der Waals surface area contributed by atoms with Gasteiger partial charge in [-0.2, -0.15) is 5.10 Å². The SMILES string of the molecule is CC(/C=C/c1ccco1)=N\NC(=O)C(c1ccccc1)c1ccccc1. The molecule has 0 saturated heterocycles. The summed E-state index contributed by atoms with van der Waals surface area (Å²) in [5.41, 5.74) is 5.20. The molecule has 1 aromatic heterocycles. The van der Waals surface area contributed by atoms with Gasteiger partial charge in [-0.25, -0.2) is 5.43 Å². The summed E-state index contributed by atoms with van der Waals surface area (Å²) < 4.78 is 5.23. The van der Waals surface area contributed by atoms with Crippen molar-refractivity contribution in [3.8, 4) is 0 Å². The van der Waals surface area contributed by atoms with Crippen LogP contribution in [0, 0.1) is 0 Å². The molecule has 0 spiro atoms. The van der Waals surface area contributed by atoms with Gasteiger partial charge in [0.15, 0.2) is 0 Å². The molecule has 3 rings (SSSR count). The van der Waals surface area contributed by atoms with Crippen molar-refractivity contribution in [2.24, 2.45) is 5.10 Å². The molecule has 0 atom stereocenters. The quantitative estimate of drug-likeness (QED) is 0.524.